The van der Waals surface area contributed by atoms with Crippen molar-refractivity contribution >= 4 is 40.8 Å². The number of carbonyl (C=O) groups is 2. The SMILES string of the molecule is COc1ccc(C(=Cc2ccc(N(c3ccc(C)cc3)c3ccc4c(c3)C(C)(C)c3ccccc3-4)cc2)c2ccc(OC(=O)Oc3ccc(C4(c5ccc(OC(C)=O)cc5)CCCCC4)cc3)cc2)cc1. The predicted octanol–water partition coefficient (Wildman–Crippen LogP) is 16.1. The molecule has 8 aromatic rings. The molecule has 0 bridgehead atoms. The first-order valence-electron chi connectivity index (χ1n) is 24.4. The van der Waals surface area contributed by atoms with Crippen LogP contribution >= 0.6 is 0 Å². The van der Waals surface area contributed by atoms with Crippen molar-refractivity contribution in [2.45, 2.75) is 70.6 Å². The maximum absolute atomic E-state index is 13.2. The van der Waals surface area contributed by atoms with Crippen LogP contribution in [-0.2, 0) is 15.6 Å². The van der Waals surface area contributed by atoms with E-state index in [1.807, 2.05) is 60.7 Å². The molecule has 7 nitrogen and oxygen atoms in total. The lowest BCUT2D eigenvalue weighted by atomic mass is 9.65. The lowest BCUT2D eigenvalue weighted by Gasteiger charge is -2.38. The Labute approximate surface area is 417 Å². The van der Waals surface area contributed by atoms with Crippen LogP contribution < -0.4 is 23.8 Å². The zero-order valence-corrected chi connectivity index (χ0v) is 40.9. The molecule has 354 valence electrons. The Balaban J connectivity index is 0.883. The molecule has 0 amide bonds. The number of aryl methyl sites for hydroxylation is 1. The van der Waals surface area contributed by atoms with Gasteiger partial charge in [-0.1, -0.05) is 142 Å². The highest BCUT2D eigenvalue weighted by Gasteiger charge is 2.37. The summed E-state index contributed by atoms with van der Waals surface area (Å²) in [5.74, 6) is 1.72. The number of hydrogen-bond acceptors (Lipinski definition) is 7. The standard InChI is InChI=1S/C64H57NO6/c1-43-13-25-50(26-14-43)65(52-29-38-58-57-11-7-8-12-60(57)63(3,4)61(58)42-52)51-27-15-45(16-28-51)41-59(46-17-30-53(68-5)31-18-46)47-19-32-55(33-20-47)70-62(67)71-56-36-23-49(24-37-56)64(39-9-6-10-40-64)48-21-34-54(35-22-48)69-44(2)66/h7-8,11-38,41-42H,6,9-10,39-40H2,1-5H3. The zero-order valence-electron chi connectivity index (χ0n) is 40.9. The molecule has 0 N–H and O–H groups in total. The summed E-state index contributed by atoms with van der Waals surface area (Å²) >= 11 is 0. The van der Waals surface area contributed by atoms with E-state index in [1.54, 1.807) is 19.2 Å². The van der Waals surface area contributed by atoms with Crippen LogP contribution in [-0.4, -0.2) is 19.2 Å². The first kappa shape index (κ1) is 46.6. The molecule has 2 aliphatic rings. The van der Waals surface area contributed by atoms with E-state index >= 15 is 0 Å². The van der Waals surface area contributed by atoms with E-state index in [1.165, 1.54) is 46.7 Å². The van der Waals surface area contributed by atoms with E-state index < -0.39 is 6.16 Å². The van der Waals surface area contributed by atoms with Gasteiger partial charge < -0.3 is 23.8 Å². The Morgan fingerprint density at radius 2 is 1.01 bits per heavy atom. The van der Waals surface area contributed by atoms with Crippen molar-refractivity contribution < 1.29 is 28.5 Å². The quantitative estimate of drug-likeness (QED) is 0.0523. The Morgan fingerprint density at radius 3 is 1.58 bits per heavy atom. The van der Waals surface area contributed by atoms with E-state index in [0.717, 1.165) is 76.3 Å². The summed E-state index contributed by atoms with van der Waals surface area (Å²) < 4.78 is 22.2. The number of fused-ring (bicyclic) bond motifs is 3. The van der Waals surface area contributed by atoms with Crippen LogP contribution in [0.3, 0.4) is 0 Å². The normalized spacial score (nSPS) is 14.4. The van der Waals surface area contributed by atoms with Crippen molar-refractivity contribution in [3.63, 3.8) is 0 Å². The van der Waals surface area contributed by atoms with Gasteiger partial charge in [0.2, 0.25) is 0 Å². The largest absolute Gasteiger partial charge is 0.519 e. The minimum Gasteiger partial charge on any atom is -0.497 e. The maximum Gasteiger partial charge on any atom is 0.519 e. The van der Waals surface area contributed by atoms with E-state index in [4.69, 9.17) is 18.9 Å². The van der Waals surface area contributed by atoms with Crippen molar-refractivity contribution in [3.8, 4) is 34.1 Å². The highest BCUT2D eigenvalue weighted by Crippen LogP contribution is 2.51. The van der Waals surface area contributed by atoms with Crippen LogP contribution in [0.5, 0.6) is 23.0 Å². The molecule has 0 saturated heterocycles. The number of carbonyl (C=O) groups excluding carboxylic acids is 2. The summed E-state index contributed by atoms with van der Waals surface area (Å²) in [4.78, 5) is 27.0. The van der Waals surface area contributed by atoms with Crippen molar-refractivity contribution in [3.05, 3.63) is 233 Å². The van der Waals surface area contributed by atoms with Gasteiger partial charge >= 0.3 is 12.1 Å². The van der Waals surface area contributed by atoms with Gasteiger partial charge in [0, 0.05) is 34.8 Å². The lowest BCUT2D eigenvalue weighted by Crippen LogP contribution is -2.30. The fraction of sp³-hybridized carbons (Fsp3) is 0.188. The molecule has 71 heavy (non-hydrogen) atoms. The minimum absolute atomic E-state index is 0.126. The second kappa shape index (κ2) is 19.7. The third kappa shape index (κ3) is 9.60. The van der Waals surface area contributed by atoms with Crippen molar-refractivity contribution in [2.75, 3.05) is 12.0 Å². The average molecular weight is 936 g/mol. The van der Waals surface area contributed by atoms with Crippen LogP contribution in [0, 0.1) is 6.92 Å². The van der Waals surface area contributed by atoms with Crippen LogP contribution in [0.25, 0.3) is 22.8 Å². The maximum atomic E-state index is 13.2. The van der Waals surface area contributed by atoms with Gasteiger partial charge in [-0.15, -0.1) is 0 Å². The number of esters is 1. The van der Waals surface area contributed by atoms with Crippen LogP contribution in [0.1, 0.15) is 97.4 Å². The molecule has 0 atom stereocenters. The summed E-state index contributed by atoms with van der Waals surface area (Å²) in [6.45, 7) is 8.16. The highest BCUT2D eigenvalue weighted by molar-refractivity contribution is 5.92. The van der Waals surface area contributed by atoms with Gasteiger partial charge in [-0.05, 0) is 166 Å². The van der Waals surface area contributed by atoms with E-state index in [2.05, 4.69) is 147 Å². The van der Waals surface area contributed by atoms with Crippen molar-refractivity contribution in [2.24, 2.45) is 0 Å². The number of rotatable bonds is 12. The molecular weight excluding hydrogens is 879 g/mol. The van der Waals surface area contributed by atoms with Gasteiger partial charge in [-0.2, -0.15) is 0 Å². The van der Waals surface area contributed by atoms with Crippen LogP contribution in [0.15, 0.2) is 188 Å². The van der Waals surface area contributed by atoms with Gasteiger partial charge in [0.25, 0.3) is 0 Å². The third-order valence-corrected chi connectivity index (χ3v) is 14.3. The molecule has 0 unspecified atom stereocenters. The predicted molar refractivity (Wildman–Crippen MR) is 285 cm³/mol. The third-order valence-electron chi connectivity index (χ3n) is 14.3. The van der Waals surface area contributed by atoms with Gasteiger partial charge in [-0.3, -0.25) is 4.79 Å². The molecule has 7 heteroatoms. The highest BCUT2D eigenvalue weighted by atomic mass is 16.7. The molecule has 0 aromatic heterocycles. The fourth-order valence-electron chi connectivity index (χ4n) is 10.6. The zero-order chi connectivity index (χ0) is 49.1. The number of hydrogen-bond donors (Lipinski definition) is 0. The Bertz CT molecular complexity index is 3220. The smallest absolute Gasteiger partial charge is 0.497 e. The monoisotopic (exact) mass is 935 g/mol. The average Bonchev–Trinajstić information content (AvgIpc) is 3.62. The van der Waals surface area contributed by atoms with Gasteiger partial charge in [-0.25, -0.2) is 4.79 Å². The molecule has 1 saturated carbocycles. The summed E-state index contributed by atoms with van der Waals surface area (Å²) in [7, 11) is 1.66. The molecule has 0 aliphatic heterocycles. The Hall–Kier alpha value is -8.16. The molecule has 1 fully saturated rings. The van der Waals surface area contributed by atoms with Gasteiger partial charge in [0.1, 0.15) is 23.0 Å². The number of anilines is 3. The number of ether oxygens (including phenoxy) is 4. The topological polar surface area (TPSA) is 74.3 Å². The Morgan fingerprint density at radius 1 is 0.521 bits per heavy atom. The van der Waals surface area contributed by atoms with E-state index in [-0.39, 0.29) is 16.8 Å². The second-order valence-corrected chi connectivity index (χ2v) is 19.2. The van der Waals surface area contributed by atoms with E-state index in [0.29, 0.717) is 17.2 Å². The summed E-state index contributed by atoms with van der Waals surface area (Å²) in [6.07, 6.45) is 6.77. The summed E-state index contributed by atoms with van der Waals surface area (Å²) in [5.41, 5.74) is 15.7. The fourth-order valence-corrected chi connectivity index (χ4v) is 10.6. The first-order valence-corrected chi connectivity index (χ1v) is 24.4. The van der Waals surface area contributed by atoms with Crippen molar-refractivity contribution in [1.82, 2.24) is 0 Å². The van der Waals surface area contributed by atoms with Crippen LogP contribution in [0.2, 0.25) is 0 Å². The molecule has 0 spiro atoms. The van der Waals surface area contributed by atoms with Crippen LogP contribution in [0.4, 0.5) is 21.9 Å². The van der Waals surface area contributed by atoms with Gasteiger partial charge in [0.15, 0.2) is 0 Å². The number of nitrogens with zero attached hydrogens (tertiary/aromatic N) is 1. The lowest BCUT2D eigenvalue weighted by molar-refractivity contribution is -0.131. The number of methoxy groups -OCH3 is 1. The first-order chi connectivity index (χ1) is 34.5. The molecule has 2 aliphatic carbocycles. The van der Waals surface area contributed by atoms with E-state index in [9.17, 15) is 9.59 Å². The summed E-state index contributed by atoms with van der Waals surface area (Å²) in [5, 5.41) is 0. The molecule has 0 radical (unpaired) electrons. The molecule has 0 heterocycles. The molecular formula is C64H57NO6. The molecule has 10 rings (SSSR count). The number of benzene rings is 8. The molecule has 8 aromatic carbocycles. The minimum atomic E-state index is -0.821. The second-order valence-electron chi connectivity index (χ2n) is 19.2. The Kier molecular flexibility index (Phi) is 12.9. The summed E-state index contributed by atoms with van der Waals surface area (Å²) in [6, 6.07) is 64.1. The van der Waals surface area contributed by atoms with Crippen molar-refractivity contribution in [1.29, 1.82) is 0 Å². The van der Waals surface area contributed by atoms with Gasteiger partial charge in [0.05, 0.1) is 7.11 Å².